The fraction of sp³-hybridized carbons (Fsp3) is 0.462. The number of amides is 2. The summed E-state index contributed by atoms with van der Waals surface area (Å²) in [5.74, 6) is -0.780. The Labute approximate surface area is 218 Å². The van der Waals surface area contributed by atoms with Gasteiger partial charge in [0.05, 0.1) is 19.2 Å². The maximum absolute atomic E-state index is 13.0. The van der Waals surface area contributed by atoms with Crippen LogP contribution in [0.25, 0.3) is 0 Å². The lowest BCUT2D eigenvalue weighted by atomic mass is 9.76. The normalized spacial score (nSPS) is 15.1. The van der Waals surface area contributed by atoms with Crippen LogP contribution < -0.4 is 15.5 Å². The van der Waals surface area contributed by atoms with Crippen molar-refractivity contribution >= 4 is 19.1 Å². The van der Waals surface area contributed by atoms with E-state index in [9.17, 15) is 19.6 Å². The predicted octanol–water partition coefficient (Wildman–Crippen LogP) is 1.69. The fourth-order valence-electron chi connectivity index (χ4n) is 3.84. The fourth-order valence-corrected chi connectivity index (χ4v) is 3.84. The van der Waals surface area contributed by atoms with Crippen LogP contribution in [0.4, 0.5) is 4.79 Å². The first-order valence-corrected chi connectivity index (χ1v) is 12.5. The number of ether oxygens (including phenoxy) is 2. The number of benzene rings is 2. The van der Waals surface area contributed by atoms with E-state index in [2.05, 4.69) is 10.8 Å². The lowest BCUT2D eigenvalue weighted by Gasteiger charge is -2.29. The molecule has 0 aromatic heterocycles. The summed E-state index contributed by atoms with van der Waals surface area (Å²) < 4.78 is 11.1. The minimum atomic E-state index is -1.71. The number of hydrogen-bond acceptors (Lipinski definition) is 8. The van der Waals surface area contributed by atoms with Crippen molar-refractivity contribution in [1.29, 1.82) is 0 Å². The third-order valence-corrected chi connectivity index (χ3v) is 5.89. The molecule has 1 saturated heterocycles. The Morgan fingerprint density at radius 2 is 1.70 bits per heavy atom. The number of hydrogen-bond donors (Lipinski definition) is 4. The molecule has 2 aromatic rings. The third-order valence-electron chi connectivity index (χ3n) is 5.89. The molecule has 37 heavy (non-hydrogen) atoms. The molecule has 0 radical (unpaired) electrons. The van der Waals surface area contributed by atoms with Gasteiger partial charge in [0.1, 0.15) is 18.4 Å². The molecule has 0 unspecified atom stereocenters. The van der Waals surface area contributed by atoms with Gasteiger partial charge in [0, 0.05) is 19.5 Å². The van der Waals surface area contributed by atoms with E-state index in [1.165, 1.54) is 0 Å². The summed E-state index contributed by atoms with van der Waals surface area (Å²) in [5, 5.41) is 22.0. The van der Waals surface area contributed by atoms with Gasteiger partial charge in [-0.3, -0.25) is 0 Å². The minimum absolute atomic E-state index is 0.137. The van der Waals surface area contributed by atoms with Crippen molar-refractivity contribution in [2.75, 3.05) is 26.3 Å². The van der Waals surface area contributed by atoms with Gasteiger partial charge >= 0.3 is 19.1 Å². The molecule has 2 atom stereocenters. The summed E-state index contributed by atoms with van der Waals surface area (Å²) >= 11 is 0. The van der Waals surface area contributed by atoms with Gasteiger partial charge in [0.2, 0.25) is 0 Å². The molecule has 0 aliphatic carbocycles. The molecule has 1 heterocycles. The van der Waals surface area contributed by atoms with Crippen LogP contribution in [0.3, 0.4) is 0 Å². The molecule has 10 nitrogen and oxygen atoms in total. The SMILES string of the molecule is CC(C)C[C@H](NOC(=O)[C@H](Cc1ccc(OCc2ccccc2)cc1)NC(=O)N1CCOCC1)B(O)O. The molecule has 3 rings (SSSR count). The number of urea groups is 1. The Kier molecular flexibility index (Phi) is 11.2. The lowest BCUT2D eigenvalue weighted by Crippen LogP contribution is -2.54. The topological polar surface area (TPSA) is 130 Å². The first-order chi connectivity index (χ1) is 17.8. The van der Waals surface area contributed by atoms with Gasteiger partial charge in [0.25, 0.3) is 0 Å². The Balaban J connectivity index is 1.64. The summed E-state index contributed by atoms with van der Waals surface area (Å²) in [4.78, 5) is 32.6. The summed E-state index contributed by atoms with van der Waals surface area (Å²) in [6, 6.07) is 15.7. The van der Waals surface area contributed by atoms with E-state index in [1.54, 1.807) is 4.90 Å². The number of nitrogens with one attached hydrogen (secondary N) is 2. The Hall–Kier alpha value is -3.12. The number of nitrogens with zero attached hydrogens (tertiary/aromatic N) is 1. The highest BCUT2D eigenvalue weighted by molar-refractivity contribution is 6.43. The standard InChI is InChI=1S/C26H36BN3O7/c1-19(2)16-24(27(33)34)29-37-25(31)23(28-26(32)30-12-14-35-15-13-30)17-20-8-10-22(11-9-20)36-18-21-6-4-3-5-7-21/h3-11,19,23-24,29,33-34H,12-18H2,1-2H3,(H,28,32)/t23-,24-/m0/s1. The molecule has 1 aliphatic rings. The zero-order valence-electron chi connectivity index (χ0n) is 21.3. The van der Waals surface area contributed by atoms with Crippen molar-refractivity contribution in [2.24, 2.45) is 5.92 Å². The Morgan fingerprint density at radius 1 is 1.03 bits per heavy atom. The van der Waals surface area contributed by atoms with Crippen LogP contribution in [0, 0.1) is 5.92 Å². The number of hydroxylamine groups is 1. The molecule has 0 bridgehead atoms. The second kappa shape index (κ2) is 14.6. The zero-order valence-corrected chi connectivity index (χ0v) is 21.3. The summed E-state index contributed by atoms with van der Waals surface area (Å²) in [7, 11) is -1.71. The van der Waals surface area contributed by atoms with Gasteiger partial charge in [0.15, 0.2) is 0 Å². The number of morpholine rings is 1. The van der Waals surface area contributed by atoms with E-state index < -0.39 is 31.1 Å². The minimum Gasteiger partial charge on any atom is -0.489 e. The summed E-state index contributed by atoms with van der Waals surface area (Å²) in [6.07, 6.45) is 0.548. The van der Waals surface area contributed by atoms with Crippen molar-refractivity contribution < 1.29 is 33.9 Å². The maximum Gasteiger partial charge on any atom is 0.473 e. The van der Waals surface area contributed by atoms with E-state index in [1.807, 2.05) is 68.4 Å². The summed E-state index contributed by atoms with van der Waals surface area (Å²) in [6.45, 7) is 5.97. The van der Waals surface area contributed by atoms with Gasteiger partial charge in [-0.1, -0.05) is 56.3 Å². The molecule has 4 N–H and O–H groups in total. The second-order valence-electron chi connectivity index (χ2n) is 9.41. The van der Waals surface area contributed by atoms with E-state index in [4.69, 9.17) is 14.3 Å². The first-order valence-electron chi connectivity index (χ1n) is 12.5. The van der Waals surface area contributed by atoms with Crippen molar-refractivity contribution in [3.63, 3.8) is 0 Å². The average Bonchev–Trinajstić information content (AvgIpc) is 2.90. The van der Waals surface area contributed by atoms with Crippen LogP contribution in [0.15, 0.2) is 54.6 Å². The zero-order chi connectivity index (χ0) is 26.6. The quantitative estimate of drug-likeness (QED) is 0.249. The highest BCUT2D eigenvalue weighted by Crippen LogP contribution is 2.16. The lowest BCUT2D eigenvalue weighted by molar-refractivity contribution is -0.154. The van der Waals surface area contributed by atoms with Gasteiger partial charge in [-0.25, -0.2) is 9.59 Å². The van der Waals surface area contributed by atoms with Crippen LogP contribution in [0.2, 0.25) is 0 Å². The monoisotopic (exact) mass is 513 g/mol. The third kappa shape index (κ3) is 9.69. The van der Waals surface area contributed by atoms with Gasteiger partial charge in [-0.2, -0.15) is 5.48 Å². The van der Waals surface area contributed by atoms with Crippen molar-refractivity contribution in [3.8, 4) is 5.75 Å². The molecule has 200 valence electrons. The van der Waals surface area contributed by atoms with E-state index in [-0.39, 0.29) is 12.3 Å². The van der Waals surface area contributed by atoms with Gasteiger partial charge < -0.3 is 34.6 Å². The van der Waals surface area contributed by atoms with Crippen LogP contribution in [0.1, 0.15) is 31.4 Å². The highest BCUT2D eigenvalue weighted by Gasteiger charge is 2.30. The van der Waals surface area contributed by atoms with Crippen LogP contribution >= 0.6 is 0 Å². The highest BCUT2D eigenvalue weighted by atomic mass is 16.7. The molecular weight excluding hydrogens is 477 g/mol. The first kappa shape index (κ1) is 28.5. The molecule has 11 heteroatoms. The number of rotatable bonds is 12. The molecule has 0 spiro atoms. The predicted molar refractivity (Wildman–Crippen MR) is 138 cm³/mol. The molecule has 1 fully saturated rings. The van der Waals surface area contributed by atoms with E-state index >= 15 is 0 Å². The summed E-state index contributed by atoms with van der Waals surface area (Å²) in [5.41, 5.74) is 4.30. The smallest absolute Gasteiger partial charge is 0.473 e. The van der Waals surface area contributed by atoms with Crippen LogP contribution in [0.5, 0.6) is 5.75 Å². The Bertz CT molecular complexity index is 970. The largest absolute Gasteiger partial charge is 0.489 e. The van der Waals surface area contributed by atoms with Crippen molar-refractivity contribution in [3.05, 3.63) is 65.7 Å². The molecule has 0 saturated carbocycles. The van der Waals surface area contributed by atoms with E-state index in [0.717, 1.165) is 11.1 Å². The van der Waals surface area contributed by atoms with Gasteiger partial charge in [-0.15, -0.1) is 0 Å². The van der Waals surface area contributed by atoms with Crippen molar-refractivity contribution in [1.82, 2.24) is 15.7 Å². The Morgan fingerprint density at radius 3 is 2.32 bits per heavy atom. The molecule has 2 amide bonds. The van der Waals surface area contributed by atoms with E-state index in [0.29, 0.717) is 45.1 Å². The van der Waals surface area contributed by atoms with Crippen molar-refractivity contribution in [2.45, 2.75) is 45.3 Å². The van der Waals surface area contributed by atoms with Gasteiger partial charge in [-0.05, 0) is 35.6 Å². The average molecular weight is 513 g/mol. The maximum atomic E-state index is 13.0. The second-order valence-corrected chi connectivity index (χ2v) is 9.41. The van der Waals surface area contributed by atoms with Crippen LogP contribution in [-0.4, -0.2) is 72.4 Å². The number of carbonyl (C=O) groups excluding carboxylic acids is 2. The number of carbonyl (C=O) groups is 2. The molecule has 2 aromatic carbocycles. The molecular formula is C26H36BN3O7. The molecule has 1 aliphatic heterocycles. The van der Waals surface area contributed by atoms with Crippen LogP contribution in [-0.2, 0) is 27.4 Å².